The molecule has 0 saturated heterocycles. The van der Waals surface area contributed by atoms with Crippen LogP contribution in [0.1, 0.15) is 30.5 Å². The van der Waals surface area contributed by atoms with Gasteiger partial charge in [-0.15, -0.1) is 0 Å². The first-order valence-corrected chi connectivity index (χ1v) is 11.7. The van der Waals surface area contributed by atoms with Gasteiger partial charge in [0.25, 0.3) is 0 Å². The van der Waals surface area contributed by atoms with Crippen LogP contribution in [-0.4, -0.2) is 32.6 Å². The lowest BCUT2D eigenvalue weighted by Crippen LogP contribution is -2.22. The number of para-hydroxylation sites is 2. The summed E-state index contributed by atoms with van der Waals surface area (Å²) in [4.78, 5) is 6.81. The molecular weight excluding hydrogens is 477 g/mol. The number of anilines is 2. The second kappa shape index (κ2) is 10.2. The summed E-state index contributed by atoms with van der Waals surface area (Å²) in [5, 5.41) is 14.7. The van der Waals surface area contributed by atoms with E-state index in [4.69, 9.17) is 11.6 Å². The zero-order chi connectivity index (χ0) is 25.2. The molecule has 0 saturated carbocycles. The quantitative estimate of drug-likeness (QED) is 0.253. The van der Waals surface area contributed by atoms with E-state index in [1.807, 2.05) is 42.7 Å². The van der Waals surface area contributed by atoms with Gasteiger partial charge >= 0.3 is 6.18 Å². The number of aromatic nitrogens is 2. The van der Waals surface area contributed by atoms with E-state index in [-0.39, 0.29) is 5.75 Å². The Hall–Kier alpha value is -3.23. The summed E-state index contributed by atoms with van der Waals surface area (Å²) in [6, 6.07) is 16.0. The summed E-state index contributed by atoms with van der Waals surface area (Å²) in [5.41, 5.74) is 2.59. The smallest absolute Gasteiger partial charge is 0.416 e. The highest BCUT2D eigenvalue weighted by atomic mass is 35.5. The first-order chi connectivity index (χ1) is 16.7. The zero-order valence-electron chi connectivity index (χ0n) is 19.4. The zero-order valence-corrected chi connectivity index (χ0v) is 20.2. The largest absolute Gasteiger partial charge is 0.505 e. The third kappa shape index (κ3) is 5.39. The van der Waals surface area contributed by atoms with E-state index in [9.17, 15) is 18.3 Å². The van der Waals surface area contributed by atoms with E-state index in [1.165, 1.54) is 12.1 Å². The molecule has 9 heteroatoms. The molecule has 4 aromatic rings. The molecule has 184 valence electrons. The SMILES string of the molecule is CCN(CC)Cc1c(Cl)ccc(Nc2nc3ccccc3n2Cc2ccc(C(F)(F)F)cc2)c1O. The second-order valence-electron chi connectivity index (χ2n) is 8.21. The van der Waals surface area contributed by atoms with E-state index in [0.29, 0.717) is 40.9 Å². The summed E-state index contributed by atoms with van der Waals surface area (Å²) in [5.74, 6) is 0.495. The Morgan fingerprint density at radius 2 is 1.69 bits per heavy atom. The Morgan fingerprint density at radius 1 is 1.00 bits per heavy atom. The molecular formula is C26H26ClF3N4O. The van der Waals surface area contributed by atoms with Crippen molar-refractivity contribution in [3.8, 4) is 5.75 Å². The molecule has 2 N–H and O–H groups in total. The molecule has 0 aliphatic heterocycles. The van der Waals surface area contributed by atoms with Crippen molar-refractivity contribution in [2.75, 3.05) is 18.4 Å². The molecule has 0 amide bonds. The van der Waals surface area contributed by atoms with Crippen molar-refractivity contribution in [2.24, 2.45) is 0 Å². The van der Waals surface area contributed by atoms with Gasteiger partial charge in [-0.05, 0) is 55.1 Å². The molecule has 0 spiro atoms. The van der Waals surface area contributed by atoms with E-state index in [1.54, 1.807) is 12.1 Å². The Kier molecular flexibility index (Phi) is 7.23. The average molecular weight is 503 g/mol. The molecule has 35 heavy (non-hydrogen) atoms. The maximum absolute atomic E-state index is 13.0. The Labute approximate surface area is 206 Å². The minimum Gasteiger partial charge on any atom is -0.505 e. The predicted octanol–water partition coefficient (Wildman–Crippen LogP) is 7.05. The van der Waals surface area contributed by atoms with Crippen molar-refractivity contribution < 1.29 is 18.3 Å². The molecule has 0 unspecified atom stereocenters. The van der Waals surface area contributed by atoms with Gasteiger partial charge in [0, 0.05) is 17.1 Å². The monoisotopic (exact) mass is 502 g/mol. The summed E-state index contributed by atoms with van der Waals surface area (Å²) in [7, 11) is 0. The van der Waals surface area contributed by atoms with Gasteiger partial charge in [-0.25, -0.2) is 4.98 Å². The average Bonchev–Trinajstić information content (AvgIpc) is 3.18. The van der Waals surface area contributed by atoms with Crippen LogP contribution in [0.25, 0.3) is 11.0 Å². The predicted molar refractivity (Wildman–Crippen MR) is 133 cm³/mol. The number of phenols is 1. The molecule has 0 bridgehead atoms. The molecule has 0 atom stereocenters. The maximum atomic E-state index is 13.0. The van der Waals surface area contributed by atoms with Gasteiger partial charge in [-0.3, -0.25) is 4.90 Å². The number of fused-ring (bicyclic) bond motifs is 1. The Bertz CT molecular complexity index is 1310. The summed E-state index contributed by atoms with van der Waals surface area (Å²) >= 11 is 6.39. The van der Waals surface area contributed by atoms with Gasteiger partial charge < -0.3 is 15.0 Å². The summed E-state index contributed by atoms with van der Waals surface area (Å²) < 4.78 is 40.8. The highest BCUT2D eigenvalue weighted by Crippen LogP contribution is 2.36. The van der Waals surface area contributed by atoms with Crippen molar-refractivity contribution in [1.82, 2.24) is 14.5 Å². The van der Waals surface area contributed by atoms with Crippen LogP contribution >= 0.6 is 11.6 Å². The van der Waals surface area contributed by atoms with E-state index in [0.717, 1.165) is 36.3 Å². The Balaban J connectivity index is 1.70. The molecule has 5 nitrogen and oxygen atoms in total. The third-order valence-electron chi connectivity index (χ3n) is 6.02. The first kappa shape index (κ1) is 24.9. The molecule has 1 aromatic heterocycles. The number of alkyl halides is 3. The van der Waals surface area contributed by atoms with Crippen molar-refractivity contribution in [1.29, 1.82) is 0 Å². The summed E-state index contributed by atoms with van der Waals surface area (Å²) in [6.45, 7) is 6.50. The highest BCUT2D eigenvalue weighted by Gasteiger charge is 2.30. The van der Waals surface area contributed by atoms with Crippen molar-refractivity contribution in [3.63, 3.8) is 0 Å². The number of nitrogens with zero attached hydrogens (tertiary/aromatic N) is 3. The number of nitrogens with one attached hydrogen (secondary N) is 1. The molecule has 3 aromatic carbocycles. The topological polar surface area (TPSA) is 53.3 Å². The lowest BCUT2D eigenvalue weighted by Gasteiger charge is -2.21. The number of halogens is 4. The molecule has 0 aliphatic rings. The maximum Gasteiger partial charge on any atom is 0.416 e. The van der Waals surface area contributed by atoms with E-state index < -0.39 is 11.7 Å². The molecule has 4 rings (SSSR count). The third-order valence-corrected chi connectivity index (χ3v) is 6.38. The van der Waals surface area contributed by atoms with Crippen LogP contribution in [0.2, 0.25) is 5.02 Å². The van der Waals surface area contributed by atoms with Gasteiger partial charge in [0.15, 0.2) is 0 Å². The minimum atomic E-state index is -4.39. The first-order valence-electron chi connectivity index (χ1n) is 11.3. The number of hydrogen-bond donors (Lipinski definition) is 2. The molecule has 0 aliphatic carbocycles. The lowest BCUT2D eigenvalue weighted by atomic mass is 10.1. The normalized spacial score (nSPS) is 12.0. The van der Waals surface area contributed by atoms with Gasteiger partial charge in [0.1, 0.15) is 5.75 Å². The van der Waals surface area contributed by atoms with Crippen LogP contribution in [0.3, 0.4) is 0 Å². The number of imidazole rings is 1. The van der Waals surface area contributed by atoms with Crippen molar-refractivity contribution in [2.45, 2.75) is 33.1 Å². The van der Waals surface area contributed by atoms with Crippen LogP contribution in [0.5, 0.6) is 5.75 Å². The van der Waals surface area contributed by atoms with E-state index >= 15 is 0 Å². The number of benzene rings is 3. The fraction of sp³-hybridized carbons (Fsp3) is 0.269. The number of rotatable bonds is 8. The lowest BCUT2D eigenvalue weighted by molar-refractivity contribution is -0.137. The Morgan fingerprint density at radius 3 is 2.34 bits per heavy atom. The standard InChI is InChI=1S/C26H26ClF3N4O/c1-3-33(4-2)16-19-20(27)13-14-22(24(19)35)32-25-31-21-7-5-6-8-23(21)34(25)15-17-9-11-18(12-10-17)26(28,29)30/h5-14,35H,3-4,15-16H2,1-2H3,(H,31,32). The second-order valence-corrected chi connectivity index (χ2v) is 8.62. The van der Waals surface area contributed by atoms with Crippen LogP contribution in [0.15, 0.2) is 60.7 Å². The van der Waals surface area contributed by atoms with Crippen LogP contribution in [-0.2, 0) is 19.3 Å². The number of aromatic hydroxyl groups is 1. The van der Waals surface area contributed by atoms with Gasteiger partial charge in [0.2, 0.25) is 5.95 Å². The van der Waals surface area contributed by atoms with Crippen molar-refractivity contribution in [3.05, 3.63) is 82.4 Å². The highest BCUT2D eigenvalue weighted by molar-refractivity contribution is 6.31. The van der Waals surface area contributed by atoms with Gasteiger partial charge in [-0.1, -0.05) is 49.7 Å². The van der Waals surface area contributed by atoms with Crippen LogP contribution in [0, 0.1) is 0 Å². The fourth-order valence-electron chi connectivity index (χ4n) is 3.97. The molecule has 0 radical (unpaired) electrons. The van der Waals surface area contributed by atoms with Gasteiger partial charge in [-0.2, -0.15) is 13.2 Å². The summed E-state index contributed by atoms with van der Waals surface area (Å²) in [6.07, 6.45) is -4.39. The van der Waals surface area contributed by atoms with Crippen LogP contribution in [0.4, 0.5) is 24.8 Å². The van der Waals surface area contributed by atoms with Crippen LogP contribution < -0.4 is 5.32 Å². The van der Waals surface area contributed by atoms with Gasteiger partial charge in [0.05, 0.1) is 28.8 Å². The molecule has 1 heterocycles. The van der Waals surface area contributed by atoms with Crippen molar-refractivity contribution >= 4 is 34.3 Å². The van der Waals surface area contributed by atoms with E-state index in [2.05, 4.69) is 15.2 Å². The fourth-order valence-corrected chi connectivity index (χ4v) is 4.18. The molecule has 0 fully saturated rings. The minimum absolute atomic E-state index is 0.0394. The number of hydrogen-bond acceptors (Lipinski definition) is 4. The number of phenolic OH excluding ortho intramolecular Hbond substituents is 1.